The fraction of sp³-hybridized carbons (Fsp3) is 1.00. The zero-order chi connectivity index (χ0) is 27.2. The molecule has 0 bridgehead atoms. The van der Waals surface area contributed by atoms with Gasteiger partial charge in [0, 0.05) is 0 Å². The van der Waals surface area contributed by atoms with Crippen LogP contribution in [0.15, 0.2) is 0 Å². The molecule has 0 radical (unpaired) electrons. The molecule has 0 fully saturated rings. The van der Waals surface area contributed by atoms with Crippen LogP contribution in [0.4, 0.5) is 79.0 Å². The third-order valence-electron chi connectivity index (χ3n) is 4.24. The van der Waals surface area contributed by atoms with E-state index < -0.39 is 86.8 Å². The van der Waals surface area contributed by atoms with Crippen molar-refractivity contribution in [2.75, 3.05) is 0 Å². The Balaban J connectivity index is 6.85. The van der Waals surface area contributed by atoms with Crippen molar-refractivity contribution in [3.05, 3.63) is 0 Å². The van der Waals surface area contributed by atoms with Crippen molar-refractivity contribution in [1.82, 2.24) is 0 Å². The van der Waals surface area contributed by atoms with E-state index in [0.717, 1.165) is 0 Å². The standard InChI is InChI=1S/C14H12F18O/c1-3(11(21,22)23)5(9(17,18)7(15)13(27,28)29)33-6(4(2)12(24,25)26)10(19,20)8(16)14(30,31)32/h3-8H,1-2H3. The molecular weight excluding hydrogens is 526 g/mol. The topological polar surface area (TPSA) is 9.23 Å². The summed E-state index contributed by atoms with van der Waals surface area (Å²) in [4.78, 5) is 0. The summed E-state index contributed by atoms with van der Waals surface area (Å²) < 4.78 is 236. The van der Waals surface area contributed by atoms with E-state index in [-0.39, 0.29) is 0 Å². The van der Waals surface area contributed by atoms with Crippen LogP contribution in [0.2, 0.25) is 0 Å². The second-order valence-corrected chi connectivity index (χ2v) is 6.80. The van der Waals surface area contributed by atoms with Crippen LogP contribution in [0.1, 0.15) is 13.8 Å². The largest absolute Gasteiger partial charge is 0.425 e. The lowest BCUT2D eigenvalue weighted by molar-refractivity contribution is -0.348. The maximum Gasteiger partial charge on any atom is 0.425 e. The Bertz CT molecular complexity index is 574. The zero-order valence-corrected chi connectivity index (χ0v) is 15.7. The predicted octanol–water partition coefficient (Wildman–Crippen LogP) is 7.21. The van der Waals surface area contributed by atoms with Crippen LogP contribution in [0.3, 0.4) is 0 Å². The van der Waals surface area contributed by atoms with Crippen LogP contribution < -0.4 is 0 Å². The summed E-state index contributed by atoms with van der Waals surface area (Å²) in [6, 6.07) is 0. The summed E-state index contributed by atoms with van der Waals surface area (Å²) in [6.07, 6.45) is -46.9. The first kappa shape index (κ1) is 31.7. The Morgan fingerprint density at radius 3 is 0.788 bits per heavy atom. The van der Waals surface area contributed by atoms with Gasteiger partial charge in [-0.2, -0.15) is 52.7 Å². The van der Waals surface area contributed by atoms with Gasteiger partial charge < -0.3 is 4.74 Å². The molecule has 0 saturated carbocycles. The molecule has 0 aromatic heterocycles. The Morgan fingerprint density at radius 2 is 0.636 bits per heavy atom. The van der Waals surface area contributed by atoms with Gasteiger partial charge in [0.25, 0.3) is 12.3 Å². The van der Waals surface area contributed by atoms with E-state index in [9.17, 15) is 79.0 Å². The highest BCUT2D eigenvalue weighted by Gasteiger charge is 2.70. The van der Waals surface area contributed by atoms with E-state index in [0.29, 0.717) is 0 Å². The van der Waals surface area contributed by atoms with Gasteiger partial charge in [-0.3, -0.25) is 0 Å². The van der Waals surface area contributed by atoms with Gasteiger partial charge in [-0.15, -0.1) is 0 Å². The van der Waals surface area contributed by atoms with Crippen LogP contribution in [0, 0.1) is 11.8 Å². The van der Waals surface area contributed by atoms with Gasteiger partial charge in [0.2, 0.25) is 0 Å². The molecule has 33 heavy (non-hydrogen) atoms. The van der Waals surface area contributed by atoms with E-state index in [1.165, 1.54) is 0 Å². The first-order chi connectivity index (χ1) is 14.1. The second kappa shape index (κ2) is 9.39. The maximum atomic E-state index is 13.9. The molecule has 0 amide bonds. The molecule has 0 spiro atoms. The van der Waals surface area contributed by atoms with Crippen molar-refractivity contribution < 1.29 is 83.8 Å². The monoisotopic (exact) mass is 538 g/mol. The highest BCUT2D eigenvalue weighted by Crippen LogP contribution is 2.49. The molecule has 0 rings (SSSR count). The Labute approximate surface area is 172 Å². The number of alkyl halides is 18. The van der Waals surface area contributed by atoms with Crippen molar-refractivity contribution in [3.63, 3.8) is 0 Å². The van der Waals surface area contributed by atoms with Gasteiger partial charge in [0.1, 0.15) is 12.2 Å². The van der Waals surface area contributed by atoms with E-state index in [1.54, 1.807) is 0 Å². The minimum Gasteiger partial charge on any atom is -0.361 e. The molecule has 6 unspecified atom stereocenters. The first-order valence-corrected chi connectivity index (χ1v) is 8.06. The lowest BCUT2D eigenvalue weighted by Gasteiger charge is -2.41. The van der Waals surface area contributed by atoms with Gasteiger partial charge >= 0.3 is 36.6 Å². The molecule has 200 valence electrons. The number of ether oxygens (including phenoxy) is 1. The van der Waals surface area contributed by atoms with Crippen molar-refractivity contribution in [2.24, 2.45) is 11.8 Å². The maximum absolute atomic E-state index is 13.9. The minimum atomic E-state index is -6.72. The minimum absolute atomic E-state index is 0.550. The summed E-state index contributed by atoms with van der Waals surface area (Å²) >= 11 is 0. The van der Waals surface area contributed by atoms with Crippen LogP contribution in [0.5, 0.6) is 0 Å². The number of halogens is 18. The molecule has 19 heteroatoms. The summed E-state index contributed by atoms with van der Waals surface area (Å²) in [5.41, 5.74) is 0. The predicted molar refractivity (Wildman–Crippen MR) is 70.9 cm³/mol. The van der Waals surface area contributed by atoms with Crippen LogP contribution >= 0.6 is 0 Å². The molecule has 0 aromatic rings. The van der Waals surface area contributed by atoms with Crippen molar-refractivity contribution >= 4 is 0 Å². The number of hydrogen-bond acceptors (Lipinski definition) is 1. The highest BCUT2D eigenvalue weighted by atomic mass is 19.4. The number of rotatable bonds is 8. The third-order valence-corrected chi connectivity index (χ3v) is 4.24. The summed E-state index contributed by atoms with van der Waals surface area (Å²) in [7, 11) is 0. The average molecular weight is 538 g/mol. The molecule has 0 aromatic carbocycles. The summed E-state index contributed by atoms with van der Waals surface area (Å²) in [6.45, 7) is -1.10. The summed E-state index contributed by atoms with van der Waals surface area (Å²) in [5.74, 6) is -21.5. The Kier molecular flexibility index (Phi) is 9.02. The summed E-state index contributed by atoms with van der Waals surface area (Å²) in [5, 5.41) is 0. The van der Waals surface area contributed by atoms with E-state index in [1.807, 2.05) is 0 Å². The molecule has 0 saturated heterocycles. The van der Waals surface area contributed by atoms with E-state index in [2.05, 4.69) is 4.74 Å². The van der Waals surface area contributed by atoms with Gasteiger partial charge in [-0.1, -0.05) is 13.8 Å². The lowest BCUT2D eigenvalue weighted by Crippen LogP contribution is -2.61. The van der Waals surface area contributed by atoms with Crippen molar-refractivity contribution in [3.8, 4) is 0 Å². The first-order valence-electron chi connectivity index (χ1n) is 8.06. The molecule has 1 nitrogen and oxygen atoms in total. The normalized spacial score (nSPS) is 20.7. The molecule has 0 aliphatic carbocycles. The SMILES string of the molecule is CC(C(OC(C(C)C(F)(F)F)C(F)(F)C(F)C(F)(F)F)C(F)(F)C(F)C(F)(F)F)C(F)(F)F. The smallest absolute Gasteiger partial charge is 0.361 e. The quantitative estimate of drug-likeness (QED) is 0.297. The van der Waals surface area contributed by atoms with Gasteiger partial charge in [0.15, 0.2) is 0 Å². The molecule has 0 N–H and O–H groups in total. The van der Waals surface area contributed by atoms with Crippen molar-refractivity contribution in [2.45, 2.75) is 74.9 Å². The fourth-order valence-corrected chi connectivity index (χ4v) is 2.31. The van der Waals surface area contributed by atoms with E-state index >= 15 is 0 Å². The number of hydrogen-bond donors (Lipinski definition) is 0. The highest BCUT2D eigenvalue weighted by molar-refractivity contribution is 4.99. The van der Waals surface area contributed by atoms with Crippen LogP contribution in [-0.4, -0.2) is 61.1 Å². The molecule has 0 aliphatic rings. The van der Waals surface area contributed by atoms with Crippen LogP contribution in [0.25, 0.3) is 0 Å². The lowest BCUT2D eigenvalue weighted by atomic mass is 9.91. The zero-order valence-electron chi connectivity index (χ0n) is 15.7. The van der Waals surface area contributed by atoms with Gasteiger partial charge in [-0.25, -0.2) is 26.3 Å². The van der Waals surface area contributed by atoms with Crippen molar-refractivity contribution in [1.29, 1.82) is 0 Å². The molecule has 0 heterocycles. The average Bonchev–Trinajstić information content (AvgIpc) is 2.56. The van der Waals surface area contributed by atoms with Gasteiger partial charge in [-0.05, 0) is 0 Å². The second-order valence-electron chi connectivity index (χ2n) is 6.80. The Hall–Kier alpha value is -1.30. The van der Waals surface area contributed by atoms with E-state index in [4.69, 9.17) is 0 Å². The molecule has 0 aliphatic heterocycles. The molecular formula is C14H12F18O. The fourth-order valence-electron chi connectivity index (χ4n) is 2.31. The Morgan fingerprint density at radius 1 is 0.424 bits per heavy atom. The third kappa shape index (κ3) is 7.34. The van der Waals surface area contributed by atoms with Gasteiger partial charge in [0.05, 0.1) is 11.8 Å². The van der Waals surface area contributed by atoms with Crippen LogP contribution in [-0.2, 0) is 4.74 Å². The molecule has 6 atom stereocenters.